The van der Waals surface area contributed by atoms with Gasteiger partial charge in [0.15, 0.2) is 0 Å². The summed E-state index contributed by atoms with van der Waals surface area (Å²) < 4.78 is 0. The number of H-pyrrole nitrogens is 1. The molecule has 10 atom stereocenters. The van der Waals surface area contributed by atoms with Crippen molar-refractivity contribution in [2.24, 2.45) is 11.7 Å². The Morgan fingerprint density at radius 1 is 0.581 bits per heavy atom. The fourth-order valence-corrected chi connectivity index (χ4v) is 9.08. The topological polar surface area (TPSA) is 519 Å². The van der Waals surface area contributed by atoms with Crippen LogP contribution in [0.5, 0.6) is 0 Å². The molecule has 0 aliphatic carbocycles. The first kappa shape index (κ1) is 68.5. The maximum absolute atomic E-state index is 14.7. The molecule has 466 valence electrons. The second-order valence-corrected chi connectivity index (χ2v) is 20.2. The zero-order valence-corrected chi connectivity index (χ0v) is 46.6. The second kappa shape index (κ2) is 32.7. The number of hydrogen-bond donors (Lipinski definition) is 16. The molecule has 0 bridgehead atoms. The summed E-state index contributed by atoms with van der Waals surface area (Å²) in [6.45, 7) is 2.15. The molecule has 9 amide bonds. The van der Waals surface area contributed by atoms with E-state index in [1.54, 1.807) is 74.6 Å². The van der Waals surface area contributed by atoms with Gasteiger partial charge in [0.2, 0.25) is 53.2 Å². The first-order valence-electron chi connectivity index (χ1n) is 26.9. The van der Waals surface area contributed by atoms with E-state index in [0.717, 1.165) is 4.90 Å². The molecule has 3 aromatic rings. The number of aromatic nitrogens is 1. The fraction of sp³-hybridized carbons (Fsp3) is 0.463. The first-order valence-corrected chi connectivity index (χ1v) is 26.9. The van der Waals surface area contributed by atoms with Crippen molar-refractivity contribution in [1.29, 1.82) is 0 Å². The van der Waals surface area contributed by atoms with E-state index >= 15 is 0 Å². The quantitative estimate of drug-likeness (QED) is 0.0274. The molecule has 1 aliphatic rings. The van der Waals surface area contributed by atoms with Crippen LogP contribution in [-0.4, -0.2) is 197 Å². The third-order valence-electron chi connectivity index (χ3n) is 13.7. The number of hydrogen-bond acceptors (Lipinski definition) is 16. The van der Waals surface area contributed by atoms with Gasteiger partial charge in [0.05, 0.1) is 38.3 Å². The summed E-state index contributed by atoms with van der Waals surface area (Å²) in [6, 6.07) is -0.659. The maximum Gasteiger partial charge on any atom is 0.326 e. The largest absolute Gasteiger partial charge is 0.481 e. The van der Waals surface area contributed by atoms with E-state index in [2.05, 4.69) is 42.2 Å². The molecule has 17 N–H and O–H groups in total. The number of likely N-dealkylation sites (tertiary alicyclic amines) is 1. The third-order valence-corrected chi connectivity index (χ3v) is 13.7. The molecule has 1 aliphatic heterocycles. The number of carboxylic acid groups (broad SMARTS) is 6. The molecule has 2 heterocycles. The molecule has 86 heavy (non-hydrogen) atoms. The summed E-state index contributed by atoms with van der Waals surface area (Å²) in [4.78, 5) is 198. The van der Waals surface area contributed by atoms with Crippen LogP contribution in [-0.2, 0) is 84.8 Å². The van der Waals surface area contributed by atoms with Crippen molar-refractivity contribution in [3.05, 3.63) is 71.9 Å². The Morgan fingerprint density at radius 3 is 1.69 bits per heavy atom. The summed E-state index contributed by atoms with van der Waals surface area (Å²) in [7, 11) is 0. The SMILES string of the molecule is CC[C@H](C)[C@H](NC(=O)[C@@H](N)CC(=O)O)C(=O)NCC(=O)N[C@@H](CC(=O)O)C(=O)N[C@@H](CCC(=O)O)C(=O)N1CCC[C@H]1C(=O)N[C@@H](Cc1c[nH]c2ccccc12)C(=O)N[C@@H](Cc1ccccc1)C(=O)N[C@@H](CC(=O)O)C(=O)N[C@@H](CC(=O)O)C(=O)O. The van der Waals surface area contributed by atoms with Gasteiger partial charge in [0, 0.05) is 42.9 Å². The van der Waals surface area contributed by atoms with Crippen LogP contribution in [0.25, 0.3) is 10.9 Å². The summed E-state index contributed by atoms with van der Waals surface area (Å²) >= 11 is 0. The summed E-state index contributed by atoms with van der Waals surface area (Å²) in [5, 5.41) is 75.6. The highest BCUT2D eigenvalue weighted by Crippen LogP contribution is 2.23. The predicted molar refractivity (Wildman–Crippen MR) is 294 cm³/mol. The van der Waals surface area contributed by atoms with Crippen LogP contribution >= 0.6 is 0 Å². The van der Waals surface area contributed by atoms with Gasteiger partial charge in [-0.1, -0.05) is 68.8 Å². The average Bonchev–Trinajstić information content (AvgIpc) is 2.48. The van der Waals surface area contributed by atoms with Crippen molar-refractivity contribution in [3.63, 3.8) is 0 Å². The molecule has 1 saturated heterocycles. The number of fused-ring (bicyclic) bond motifs is 1. The monoisotopic (exact) mass is 1210 g/mol. The number of rotatable bonds is 35. The van der Waals surface area contributed by atoms with Gasteiger partial charge < -0.3 is 88.8 Å². The Kier molecular flexibility index (Phi) is 26.1. The summed E-state index contributed by atoms with van der Waals surface area (Å²) in [6.07, 6.45) is -4.25. The van der Waals surface area contributed by atoms with Gasteiger partial charge in [-0.25, -0.2) is 4.79 Å². The third kappa shape index (κ3) is 21.3. The lowest BCUT2D eigenvalue weighted by atomic mass is 9.97. The van der Waals surface area contributed by atoms with Gasteiger partial charge in [-0.2, -0.15) is 0 Å². The average molecular weight is 1210 g/mol. The highest BCUT2D eigenvalue weighted by molar-refractivity contribution is 6.00. The molecule has 0 unspecified atom stereocenters. The van der Waals surface area contributed by atoms with Crippen LogP contribution in [0.2, 0.25) is 0 Å². The predicted octanol–water partition coefficient (Wildman–Crippen LogP) is -3.32. The molecule has 4 rings (SSSR count). The Bertz CT molecular complexity index is 3030. The van der Waals surface area contributed by atoms with Crippen LogP contribution in [0.15, 0.2) is 60.8 Å². The van der Waals surface area contributed by atoms with Gasteiger partial charge in [-0.05, 0) is 42.4 Å². The Hall–Kier alpha value is -10.0. The molecular formula is C54H69N11O21. The Balaban J connectivity index is 1.61. The minimum Gasteiger partial charge on any atom is -0.481 e. The number of aliphatic carboxylic acids is 6. The lowest BCUT2D eigenvalue weighted by Crippen LogP contribution is -2.60. The van der Waals surface area contributed by atoms with E-state index in [0.29, 0.717) is 28.5 Å². The van der Waals surface area contributed by atoms with Crippen molar-refractivity contribution >= 4 is 99.9 Å². The van der Waals surface area contributed by atoms with Gasteiger partial charge in [0.25, 0.3) is 0 Å². The van der Waals surface area contributed by atoms with Crippen LogP contribution in [0.4, 0.5) is 0 Å². The van der Waals surface area contributed by atoms with Crippen molar-refractivity contribution in [2.75, 3.05) is 13.1 Å². The number of nitrogens with two attached hydrogens (primary N) is 1. The normalized spacial score (nSPS) is 15.9. The van der Waals surface area contributed by atoms with E-state index in [1.165, 1.54) is 0 Å². The zero-order chi connectivity index (χ0) is 63.9. The molecular weight excluding hydrogens is 1140 g/mol. The zero-order valence-electron chi connectivity index (χ0n) is 46.6. The molecule has 0 saturated carbocycles. The standard InChI is InChI=1S/C54H69N11O21/c1-3-26(2)45(64-46(77)30(55)20-41(69)70)52(83)57-25-39(66)58-35(21-42(71)72)49(80)59-32(15-16-40(67)68)53(84)65-17-9-14-38(65)51(82)62-34(19-28-24-56-31-13-8-7-12-29(28)31)48(79)60-33(18-27-10-5-4-6-11-27)47(78)61-36(22-43(73)74)50(81)63-37(54(85)86)23-44(75)76/h4-8,10-13,24,26,30,32-38,45,56H,3,9,14-23,25,55H2,1-2H3,(H,57,83)(H,58,66)(H,59,80)(H,60,79)(H,61,78)(H,62,82)(H,63,81)(H,64,77)(H,67,68)(H,69,70)(H,71,72)(H,73,74)(H,75,76)(H,85,86)/t26-,30-,32-,33-,34-,35-,36-,37-,38-,45-/m0/s1. The Morgan fingerprint density at radius 2 is 1.10 bits per heavy atom. The minimum absolute atomic E-state index is 0.0695. The molecule has 32 nitrogen and oxygen atoms in total. The van der Waals surface area contributed by atoms with Gasteiger partial charge in [-0.3, -0.25) is 67.1 Å². The highest BCUT2D eigenvalue weighted by Gasteiger charge is 2.41. The fourth-order valence-electron chi connectivity index (χ4n) is 9.08. The number of para-hydroxylation sites is 1. The summed E-state index contributed by atoms with van der Waals surface area (Å²) in [5.74, 6) is -20.1. The molecule has 2 aromatic carbocycles. The first-order chi connectivity index (χ1) is 40.6. The number of carbonyl (C=O) groups is 15. The van der Waals surface area contributed by atoms with Crippen LogP contribution in [0.1, 0.15) is 82.8 Å². The number of nitrogens with one attached hydrogen (secondary N) is 9. The van der Waals surface area contributed by atoms with Crippen molar-refractivity contribution in [3.8, 4) is 0 Å². The smallest absolute Gasteiger partial charge is 0.326 e. The van der Waals surface area contributed by atoms with Gasteiger partial charge >= 0.3 is 35.8 Å². The van der Waals surface area contributed by atoms with E-state index < -0.39 is 194 Å². The number of amides is 9. The Labute approximate surface area is 489 Å². The second-order valence-electron chi connectivity index (χ2n) is 20.2. The molecule has 32 heteroatoms. The van der Waals surface area contributed by atoms with Crippen molar-refractivity contribution < 1.29 is 103 Å². The summed E-state index contributed by atoms with van der Waals surface area (Å²) in [5.41, 5.74) is 7.12. The van der Waals surface area contributed by atoms with E-state index in [-0.39, 0.29) is 32.2 Å². The van der Waals surface area contributed by atoms with Gasteiger partial charge in [-0.15, -0.1) is 0 Å². The number of nitrogens with zero attached hydrogens (tertiary/aromatic N) is 1. The van der Waals surface area contributed by atoms with Crippen LogP contribution < -0.4 is 48.3 Å². The molecule has 0 radical (unpaired) electrons. The van der Waals surface area contributed by atoms with E-state index in [9.17, 15) is 97.5 Å². The number of benzene rings is 2. The van der Waals surface area contributed by atoms with Gasteiger partial charge in [0.1, 0.15) is 48.3 Å². The highest BCUT2D eigenvalue weighted by atomic mass is 16.4. The van der Waals surface area contributed by atoms with Crippen molar-refractivity contribution in [1.82, 2.24) is 52.4 Å². The number of carboxylic acids is 6. The van der Waals surface area contributed by atoms with Crippen molar-refractivity contribution in [2.45, 2.75) is 139 Å². The number of aromatic amines is 1. The molecule has 1 fully saturated rings. The molecule has 0 spiro atoms. The van der Waals surface area contributed by atoms with E-state index in [4.69, 9.17) is 10.8 Å². The molecule has 1 aromatic heterocycles. The lowest BCUT2D eigenvalue weighted by molar-refractivity contribution is -0.148. The number of carbonyl (C=O) groups excluding carboxylic acids is 9. The maximum atomic E-state index is 14.7. The van der Waals surface area contributed by atoms with E-state index in [1.807, 2.05) is 5.32 Å². The minimum atomic E-state index is -2.05. The lowest BCUT2D eigenvalue weighted by Gasteiger charge is -2.31. The van der Waals surface area contributed by atoms with Crippen LogP contribution in [0, 0.1) is 5.92 Å². The van der Waals surface area contributed by atoms with Crippen LogP contribution in [0.3, 0.4) is 0 Å².